The summed E-state index contributed by atoms with van der Waals surface area (Å²) in [7, 11) is 0. The van der Waals surface area contributed by atoms with Gasteiger partial charge in [-0.1, -0.05) is 159 Å². The molecule has 10 aromatic rings. The zero-order chi connectivity index (χ0) is 43.9. The summed E-state index contributed by atoms with van der Waals surface area (Å²) < 4.78 is 0. The lowest BCUT2D eigenvalue weighted by atomic mass is 9.81. The van der Waals surface area contributed by atoms with E-state index in [0.717, 1.165) is 41.3 Å². The lowest BCUT2D eigenvalue weighted by Gasteiger charge is -2.40. The Morgan fingerprint density at radius 3 is 1.39 bits per heavy atom. The molecule has 0 bridgehead atoms. The Labute approximate surface area is 386 Å². The van der Waals surface area contributed by atoms with E-state index in [1.807, 2.05) is 0 Å². The summed E-state index contributed by atoms with van der Waals surface area (Å²) in [5.41, 5.74) is 21.0. The molecule has 0 aromatic heterocycles. The maximum atomic E-state index is 2.46. The van der Waals surface area contributed by atoms with E-state index in [0.29, 0.717) is 0 Å². The fraction of sp³-hybridized carbons (Fsp3) is 0.0794. The van der Waals surface area contributed by atoms with E-state index in [4.69, 9.17) is 0 Å². The molecule has 0 radical (unpaired) electrons. The molecule has 3 aliphatic rings. The lowest BCUT2D eigenvalue weighted by Crippen LogP contribution is -2.24. The standard InChI is InChI=1S/C63H47N3/c1-63(2)55-39-43(27-35-53(55)54-37-33-50(41-56(54)63)66-61-22-12-10-20-59(61)64(48-16-4-3-5-17-48)60-21-11-13-23-62(60)66)25-24-42-26-34-51-46(38-42)30-31-47-40-49(32-36-52(47)51)65-57-18-8-6-14-44(57)28-29-45-15-7-9-19-58(45)65/h3-27,30-41H,28-29H2,1-2H3/b25-24+. The van der Waals surface area contributed by atoms with Gasteiger partial charge in [0.25, 0.3) is 0 Å². The van der Waals surface area contributed by atoms with Gasteiger partial charge in [0.1, 0.15) is 0 Å². The third-order valence-corrected chi connectivity index (χ3v) is 14.4. The maximum absolute atomic E-state index is 2.46. The predicted octanol–water partition coefficient (Wildman–Crippen LogP) is 17.3. The van der Waals surface area contributed by atoms with Crippen molar-refractivity contribution in [1.82, 2.24) is 0 Å². The van der Waals surface area contributed by atoms with Gasteiger partial charge in [0, 0.05) is 33.9 Å². The van der Waals surface area contributed by atoms with E-state index in [1.165, 1.54) is 88.8 Å². The normalized spacial score (nSPS) is 14.4. The van der Waals surface area contributed by atoms with Gasteiger partial charge in [-0.3, -0.25) is 0 Å². The van der Waals surface area contributed by atoms with Crippen LogP contribution in [0.2, 0.25) is 0 Å². The topological polar surface area (TPSA) is 9.72 Å². The number of hydrogen-bond donors (Lipinski definition) is 0. The van der Waals surface area contributed by atoms with E-state index in [-0.39, 0.29) is 5.41 Å². The predicted molar refractivity (Wildman–Crippen MR) is 279 cm³/mol. The van der Waals surface area contributed by atoms with Crippen molar-refractivity contribution in [2.24, 2.45) is 0 Å². The van der Waals surface area contributed by atoms with Crippen molar-refractivity contribution in [1.29, 1.82) is 0 Å². The summed E-state index contributed by atoms with van der Waals surface area (Å²) in [5, 5.41) is 5.04. The first-order chi connectivity index (χ1) is 32.5. The van der Waals surface area contributed by atoms with Gasteiger partial charge in [-0.05, 0) is 158 Å². The number of rotatable bonds is 5. The molecule has 314 valence electrons. The van der Waals surface area contributed by atoms with Gasteiger partial charge in [0.15, 0.2) is 0 Å². The van der Waals surface area contributed by atoms with Crippen molar-refractivity contribution in [3.05, 3.63) is 246 Å². The third-order valence-electron chi connectivity index (χ3n) is 14.4. The quantitative estimate of drug-likeness (QED) is 0.126. The summed E-state index contributed by atoms with van der Waals surface area (Å²) in [6.45, 7) is 4.76. The van der Waals surface area contributed by atoms with Gasteiger partial charge in [-0.25, -0.2) is 0 Å². The second-order valence-electron chi connectivity index (χ2n) is 18.5. The molecule has 0 atom stereocenters. The second-order valence-corrected chi connectivity index (χ2v) is 18.5. The molecule has 0 fully saturated rings. The van der Waals surface area contributed by atoms with Crippen LogP contribution in [0.1, 0.15) is 47.2 Å². The Balaban J connectivity index is 0.799. The Morgan fingerprint density at radius 1 is 0.348 bits per heavy atom. The summed E-state index contributed by atoms with van der Waals surface area (Å²) in [6, 6.07) is 78.5. The number of hydrogen-bond acceptors (Lipinski definition) is 3. The Morgan fingerprint density at radius 2 is 0.773 bits per heavy atom. The van der Waals surface area contributed by atoms with Crippen LogP contribution in [-0.2, 0) is 18.3 Å². The molecule has 66 heavy (non-hydrogen) atoms. The van der Waals surface area contributed by atoms with Crippen LogP contribution in [0.15, 0.2) is 212 Å². The highest BCUT2D eigenvalue weighted by atomic mass is 15.3. The molecule has 2 heterocycles. The first-order valence-electron chi connectivity index (χ1n) is 23.2. The van der Waals surface area contributed by atoms with Gasteiger partial charge >= 0.3 is 0 Å². The van der Waals surface area contributed by atoms with Crippen LogP contribution in [-0.4, -0.2) is 0 Å². The highest BCUT2D eigenvalue weighted by molar-refractivity contribution is 6.09. The van der Waals surface area contributed by atoms with Crippen LogP contribution in [0.4, 0.5) is 51.2 Å². The fourth-order valence-electron chi connectivity index (χ4n) is 11.1. The molecule has 3 nitrogen and oxygen atoms in total. The second kappa shape index (κ2) is 15.0. The molecule has 0 saturated carbocycles. The number of nitrogens with zero attached hydrogens (tertiary/aromatic N) is 3. The molecular weight excluding hydrogens is 799 g/mol. The summed E-state index contributed by atoms with van der Waals surface area (Å²) >= 11 is 0. The largest absolute Gasteiger partial charge is 0.310 e. The van der Waals surface area contributed by atoms with Crippen molar-refractivity contribution in [3.8, 4) is 11.1 Å². The number of anilines is 9. The molecule has 0 saturated heterocycles. The first-order valence-corrected chi connectivity index (χ1v) is 23.2. The zero-order valence-electron chi connectivity index (χ0n) is 37.1. The highest BCUT2D eigenvalue weighted by Gasteiger charge is 2.37. The average molecular weight is 846 g/mol. The van der Waals surface area contributed by atoms with Crippen LogP contribution in [0.5, 0.6) is 0 Å². The van der Waals surface area contributed by atoms with Crippen molar-refractivity contribution in [3.63, 3.8) is 0 Å². The zero-order valence-corrected chi connectivity index (χ0v) is 37.1. The molecule has 0 spiro atoms. The van der Waals surface area contributed by atoms with Crippen molar-refractivity contribution in [2.75, 3.05) is 14.7 Å². The van der Waals surface area contributed by atoms with E-state index in [9.17, 15) is 0 Å². The molecule has 13 rings (SSSR count). The minimum Gasteiger partial charge on any atom is -0.310 e. The van der Waals surface area contributed by atoms with E-state index in [1.54, 1.807) is 0 Å². The fourth-order valence-corrected chi connectivity index (χ4v) is 11.1. The molecule has 0 N–H and O–H groups in total. The molecule has 2 aliphatic heterocycles. The van der Waals surface area contributed by atoms with E-state index in [2.05, 4.69) is 253 Å². The SMILES string of the molecule is CC1(C)c2cc(/C=C/c3ccc4c(ccc5cc(N6c7ccccc7CCc7ccccc76)ccc54)c3)ccc2-c2ccc(N3c4ccccc4N(c4ccccc4)c4ccccc43)cc21. The van der Waals surface area contributed by atoms with Gasteiger partial charge < -0.3 is 14.7 Å². The van der Waals surface area contributed by atoms with Crippen molar-refractivity contribution >= 4 is 84.9 Å². The smallest absolute Gasteiger partial charge is 0.0703 e. The van der Waals surface area contributed by atoms with Crippen molar-refractivity contribution in [2.45, 2.75) is 32.1 Å². The number of fused-ring (bicyclic) bond motifs is 10. The maximum Gasteiger partial charge on any atom is 0.0703 e. The van der Waals surface area contributed by atoms with E-state index < -0.39 is 0 Å². The molecule has 0 amide bonds. The highest BCUT2D eigenvalue weighted by Crippen LogP contribution is 2.56. The Kier molecular flexibility index (Phi) is 8.69. The number of aryl methyl sites for hydroxylation is 2. The van der Waals surface area contributed by atoms with E-state index >= 15 is 0 Å². The first kappa shape index (κ1) is 38.3. The number of para-hydroxylation sites is 7. The summed E-state index contributed by atoms with van der Waals surface area (Å²) in [4.78, 5) is 7.28. The molecule has 10 aromatic carbocycles. The Bertz CT molecular complexity index is 3500. The minimum atomic E-state index is -0.181. The van der Waals surface area contributed by atoms with Crippen LogP contribution in [0.25, 0.3) is 44.8 Å². The number of benzene rings is 10. The Hall–Kier alpha value is -8.14. The average Bonchev–Trinajstić information content (AvgIpc) is 3.46. The van der Waals surface area contributed by atoms with Crippen LogP contribution >= 0.6 is 0 Å². The monoisotopic (exact) mass is 845 g/mol. The van der Waals surface area contributed by atoms with Gasteiger partial charge in [-0.2, -0.15) is 0 Å². The third kappa shape index (κ3) is 6.04. The molecule has 3 heteroatoms. The summed E-state index contributed by atoms with van der Waals surface area (Å²) in [6.07, 6.45) is 6.62. The lowest BCUT2D eigenvalue weighted by molar-refractivity contribution is 0.660. The van der Waals surface area contributed by atoms with Gasteiger partial charge in [0.2, 0.25) is 0 Å². The summed E-state index contributed by atoms with van der Waals surface area (Å²) in [5.74, 6) is 0. The molecule has 0 unspecified atom stereocenters. The van der Waals surface area contributed by atoms with Crippen molar-refractivity contribution < 1.29 is 0 Å². The molecule has 1 aliphatic carbocycles. The molecular formula is C63H47N3. The van der Waals surface area contributed by atoms with Crippen LogP contribution < -0.4 is 14.7 Å². The van der Waals surface area contributed by atoms with Crippen LogP contribution in [0, 0.1) is 0 Å². The van der Waals surface area contributed by atoms with Gasteiger partial charge in [0.05, 0.1) is 22.7 Å². The van der Waals surface area contributed by atoms with Gasteiger partial charge in [-0.15, -0.1) is 0 Å². The van der Waals surface area contributed by atoms with Crippen LogP contribution in [0.3, 0.4) is 0 Å². The minimum absolute atomic E-state index is 0.181.